The number of amides is 2. The van der Waals surface area contributed by atoms with E-state index in [9.17, 15) is 9.59 Å². The Morgan fingerprint density at radius 2 is 1.83 bits per heavy atom. The van der Waals surface area contributed by atoms with Crippen molar-refractivity contribution >= 4 is 17.6 Å². The van der Waals surface area contributed by atoms with Crippen LogP contribution >= 0.6 is 0 Å². The van der Waals surface area contributed by atoms with Crippen molar-refractivity contribution in [2.45, 2.75) is 20.8 Å². The largest absolute Gasteiger partial charge is 0.409 e. The third-order valence-corrected chi connectivity index (χ3v) is 2.79. The Morgan fingerprint density at radius 3 is 2.22 bits per heavy atom. The fourth-order valence-electron chi connectivity index (χ4n) is 1.50. The molecule has 7 heteroatoms. The average molecular weight is 258 g/mol. The van der Waals surface area contributed by atoms with E-state index in [1.54, 1.807) is 4.90 Å². The molecule has 0 aromatic heterocycles. The monoisotopic (exact) mass is 258 g/mol. The quantitative estimate of drug-likeness (QED) is 0.295. The van der Waals surface area contributed by atoms with Gasteiger partial charge in [-0.3, -0.25) is 9.59 Å². The second-order valence-corrected chi connectivity index (χ2v) is 4.01. The molecular weight excluding hydrogens is 236 g/mol. The molecule has 0 aromatic carbocycles. The normalized spacial score (nSPS) is 13.0. The maximum Gasteiger partial charge on any atom is 0.242 e. The topological polar surface area (TPSA) is 99.2 Å². The zero-order valence-electron chi connectivity index (χ0n) is 11.4. The minimum absolute atomic E-state index is 0.0104. The summed E-state index contributed by atoms with van der Waals surface area (Å²) in [5.74, 6) is -1.39. The van der Waals surface area contributed by atoms with E-state index in [-0.39, 0.29) is 24.2 Å². The SMILES string of the molecule is CCN(CC)C(=O)CN(C)C(=O)C(C)C(N)=NO. The van der Waals surface area contributed by atoms with Crippen molar-refractivity contribution in [1.82, 2.24) is 9.80 Å². The Morgan fingerprint density at radius 1 is 1.33 bits per heavy atom. The van der Waals surface area contributed by atoms with Crippen LogP contribution < -0.4 is 5.73 Å². The standard InChI is InChI=1S/C11H22N4O3/c1-5-15(6-2)9(16)7-14(4)11(17)8(3)10(12)13-18/h8,18H,5-7H2,1-4H3,(H2,12,13). The molecular formula is C11H22N4O3. The van der Waals surface area contributed by atoms with Crippen molar-refractivity contribution in [1.29, 1.82) is 0 Å². The molecule has 18 heavy (non-hydrogen) atoms. The number of rotatable bonds is 6. The Balaban J connectivity index is 4.54. The van der Waals surface area contributed by atoms with Gasteiger partial charge in [0.1, 0.15) is 0 Å². The van der Waals surface area contributed by atoms with Gasteiger partial charge in [-0.2, -0.15) is 0 Å². The van der Waals surface area contributed by atoms with Crippen molar-refractivity contribution in [3.05, 3.63) is 0 Å². The second-order valence-electron chi connectivity index (χ2n) is 4.01. The van der Waals surface area contributed by atoms with Crippen LogP contribution in [0.4, 0.5) is 0 Å². The van der Waals surface area contributed by atoms with Crippen molar-refractivity contribution < 1.29 is 14.8 Å². The Kier molecular flexibility index (Phi) is 6.77. The number of hydrogen-bond acceptors (Lipinski definition) is 4. The highest BCUT2D eigenvalue weighted by atomic mass is 16.4. The third kappa shape index (κ3) is 4.23. The van der Waals surface area contributed by atoms with E-state index >= 15 is 0 Å². The average Bonchev–Trinajstić information content (AvgIpc) is 2.37. The van der Waals surface area contributed by atoms with Gasteiger partial charge in [-0.15, -0.1) is 0 Å². The molecule has 0 saturated heterocycles. The van der Waals surface area contributed by atoms with Crippen LogP contribution in [0.1, 0.15) is 20.8 Å². The Hall–Kier alpha value is -1.79. The van der Waals surface area contributed by atoms with Crippen LogP contribution in [-0.4, -0.2) is 59.3 Å². The number of amidine groups is 1. The lowest BCUT2D eigenvalue weighted by atomic mass is 10.1. The molecule has 3 N–H and O–H groups in total. The fraction of sp³-hybridized carbons (Fsp3) is 0.727. The molecule has 0 radical (unpaired) electrons. The predicted octanol–water partition coefficient (Wildman–Crippen LogP) is -0.304. The van der Waals surface area contributed by atoms with E-state index in [1.807, 2.05) is 13.8 Å². The molecule has 0 aromatic rings. The van der Waals surface area contributed by atoms with Gasteiger partial charge in [0.15, 0.2) is 5.84 Å². The first-order chi connectivity index (χ1) is 8.38. The van der Waals surface area contributed by atoms with E-state index in [0.29, 0.717) is 13.1 Å². The van der Waals surface area contributed by atoms with Gasteiger partial charge in [0, 0.05) is 20.1 Å². The highest BCUT2D eigenvalue weighted by Crippen LogP contribution is 2.02. The first-order valence-electron chi connectivity index (χ1n) is 5.89. The zero-order valence-corrected chi connectivity index (χ0v) is 11.4. The number of hydrogen-bond donors (Lipinski definition) is 2. The van der Waals surface area contributed by atoms with Crippen LogP contribution in [0.2, 0.25) is 0 Å². The summed E-state index contributed by atoms with van der Waals surface area (Å²) in [5.41, 5.74) is 5.36. The smallest absolute Gasteiger partial charge is 0.242 e. The van der Waals surface area contributed by atoms with Gasteiger partial charge in [-0.05, 0) is 20.8 Å². The molecule has 0 aliphatic carbocycles. The maximum atomic E-state index is 11.9. The molecule has 0 rings (SSSR count). The van der Waals surface area contributed by atoms with Crippen LogP contribution in [0.3, 0.4) is 0 Å². The molecule has 0 aliphatic rings. The molecule has 104 valence electrons. The molecule has 0 heterocycles. The minimum Gasteiger partial charge on any atom is -0.409 e. The summed E-state index contributed by atoms with van der Waals surface area (Å²) in [6.07, 6.45) is 0. The maximum absolute atomic E-state index is 11.9. The molecule has 0 fully saturated rings. The highest BCUT2D eigenvalue weighted by Gasteiger charge is 2.23. The van der Waals surface area contributed by atoms with Crippen molar-refractivity contribution in [2.75, 3.05) is 26.7 Å². The van der Waals surface area contributed by atoms with Gasteiger partial charge in [0.25, 0.3) is 0 Å². The lowest BCUT2D eigenvalue weighted by Crippen LogP contribution is -2.44. The first kappa shape index (κ1) is 16.2. The number of nitrogens with zero attached hydrogens (tertiary/aromatic N) is 3. The number of oxime groups is 1. The molecule has 0 saturated carbocycles. The van der Waals surface area contributed by atoms with Crippen molar-refractivity contribution in [3.8, 4) is 0 Å². The summed E-state index contributed by atoms with van der Waals surface area (Å²) in [6.45, 7) is 6.48. The second kappa shape index (κ2) is 7.52. The molecule has 7 nitrogen and oxygen atoms in total. The Bertz CT molecular complexity index is 326. The molecule has 0 spiro atoms. The summed E-state index contributed by atoms with van der Waals surface area (Å²) in [7, 11) is 1.52. The third-order valence-electron chi connectivity index (χ3n) is 2.79. The number of carbonyl (C=O) groups excluding carboxylic acids is 2. The van der Waals surface area contributed by atoms with Gasteiger partial charge >= 0.3 is 0 Å². The lowest BCUT2D eigenvalue weighted by molar-refractivity contribution is -0.140. The molecule has 1 atom stereocenters. The zero-order chi connectivity index (χ0) is 14.3. The fourth-order valence-corrected chi connectivity index (χ4v) is 1.50. The van der Waals surface area contributed by atoms with Crippen LogP contribution in [0.25, 0.3) is 0 Å². The predicted molar refractivity (Wildman–Crippen MR) is 68.1 cm³/mol. The molecule has 0 aliphatic heterocycles. The molecule has 1 unspecified atom stereocenters. The number of likely N-dealkylation sites (N-methyl/N-ethyl adjacent to an activating group) is 2. The van der Waals surface area contributed by atoms with Gasteiger partial charge in [0.05, 0.1) is 12.5 Å². The van der Waals surface area contributed by atoms with Crippen molar-refractivity contribution in [3.63, 3.8) is 0 Å². The van der Waals surface area contributed by atoms with Gasteiger partial charge in [0.2, 0.25) is 11.8 Å². The Labute approximate surface area is 107 Å². The molecule has 0 bridgehead atoms. The van der Waals surface area contributed by atoms with Crippen LogP contribution in [0, 0.1) is 5.92 Å². The van der Waals surface area contributed by atoms with Gasteiger partial charge < -0.3 is 20.7 Å². The minimum atomic E-state index is -0.746. The van der Waals surface area contributed by atoms with Crippen LogP contribution in [0.15, 0.2) is 5.16 Å². The van der Waals surface area contributed by atoms with E-state index in [4.69, 9.17) is 10.9 Å². The summed E-state index contributed by atoms with van der Waals surface area (Å²) in [4.78, 5) is 26.6. The van der Waals surface area contributed by atoms with E-state index in [2.05, 4.69) is 5.16 Å². The van der Waals surface area contributed by atoms with E-state index < -0.39 is 5.92 Å². The lowest BCUT2D eigenvalue weighted by Gasteiger charge is -2.24. The number of nitrogens with two attached hydrogens (primary N) is 1. The van der Waals surface area contributed by atoms with E-state index in [0.717, 1.165) is 0 Å². The number of carbonyl (C=O) groups is 2. The summed E-state index contributed by atoms with van der Waals surface area (Å²) in [5, 5.41) is 11.3. The van der Waals surface area contributed by atoms with E-state index in [1.165, 1.54) is 18.9 Å². The summed E-state index contributed by atoms with van der Waals surface area (Å²) >= 11 is 0. The van der Waals surface area contributed by atoms with Crippen LogP contribution in [-0.2, 0) is 9.59 Å². The summed E-state index contributed by atoms with van der Waals surface area (Å²) < 4.78 is 0. The molecule has 2 amide bonds. The van der Waals surface area contributed by atoms with Crippen LogP contribution in [0.5, 0.6) is 0 Å². The van der Waals surface area contributed by atoms with Crippen molar-refractivity contribution in [2.24, 2.45) is 16.8 Å². The highest BCUT2D eigenvalue weighted by molar-refractivity contribution is 6.02. The van der Waals surface area contributed by atoms with Gasteiger partial charge in [-0.25, -0.2) is 0 Å². The first-order valence-corrected chi connectivity index (χ1v) is 5.89. The van der Waals surface area contributed by atoms with Gasteiger partial charge in [-0.1, -0.05) is 5.16 Å². The summed E-state index contributed by atoms with van der Waals surface area (Å²) in [6, 6.07) is 0.